The molecule has 0 radical (unpaired) electrons. The highest BCUT2D eigenvalue weighted by molar-refractivity contribution is 6.02. The average molecular weight is 230 g/mol. The molecule has 17 heavy (non-hydrogen) atoms. The number of hydrogen-bond donors (Lipinski definition) is 1. The molecule has 0 amide bonds. The molecule has 0 spiro atoms. The van der Waals surface area contributed by atoms with E-state index in [1.54, 1.807) is 7.11 Å². The minimum atomic E-state index is -0.496. The number of rotatable bonds is 1. The van der Waals surface area contributed by atoms with Crippen molar-refractivity contribution in [2.45, 2.75) is 12.5 Å². The zero-order chi connectivity index (χ0) is 12.0. The maximum atomic E-state index is 9.88. The van der Waals surface area contributed by atoms with Gasteiger partial charge in [0.05, 0.1) is 7.11 Å². The first-order valence-electron chi connectivity index (χ1n) is 5.63. The summed E-state index contributed by atoms with van der Waals surface area (Å²) in [5.41, 5.74) is 2.63. The van der Waals surface area contributed by atoms with Gasteiger partial charge in [-0.05, 0) is 12.5 Å². The molecule has 1 saturated heterocycles. The topological polar surface area (TPSA) is 45.1 Å². The van der Waals surface area contributed by atoms with Crippen molar-refractivity contribution in [3.63, 3.8) is 0 Å². The second-order valence-electron chi connectivity index (χ2n) is 4.23. The summed E-state index contributed by atoms with van der Waals surface area (Å²) in [5, 5.41) is 9.88. The minimum Gasteiger partial charge on any atom is -0.494 e. The summed E-state index contributed by atoms with van der Waals surface area (Å²) in [7, 11) is 1.62. The molecule has 1 aromatic rings. The van der Waals surface area contributed by atoms with Crippen molar-refractivity contribution in [3.8, 4) is 5.75 Å². The highest BCUT2D eigenvalue weighted by Gasteiger charge is 2.34. The van der Waals surface area contributed by atoms with Gasteiger partial charge in [-0.25, -0.2) is 4.99 Å². The SMILES string of the molecule is C=C1c2cccc(OC)c2N=C2C(O)CCN12. The summed E-state index contributed by atoms with van der Waals surface area (Å²) in [6.07, 6.45) is 0.207. The Hall–Kier alpha value is -1.81. The van der Waals surface area contributed by atoms with Gasteiger partial charge in [-0.2, -0.15) is 0 Å². The Morgan fingerprint density at radius 3 is 3.12 bits per heavy atom. The van der Waals surface area contributed by atoms with E-state index in [1.807, 2.05) is 23.1 Å². The number of para-hydroxylation sites is 1. The van der Waals surface area contributed by atoms with Crippen molar-refractivity contribution in [2.24, 2.45) is 4.99 Å². The fraction of sp³-hybridized carbons (Fsp3) is 0.308. The zero-order valence-electron chi connectivity index (χ0n) is 9.68. The van der Waals surface area contributed by atoms with Crippen LogP contribution in [-0.4, -0.2) is 35.6 Å². The van der Waals surface area contributed by atoms with Crippen LogP contribution in [-0.2, 0) is 0 Å². The number of methoxy groups -OCH3 is 1. The molecule has 1 aromatic carbocycles. The van der Waals surface area contributed by atoms with Crippen LogP contribution in [0, 0.1) is 0 Å². The van der Waals surface area contributed by atoms with Crippen LogP contribution in [0.25, 0.3) is 5.70 Å². The second-order valence-corrected chi connectivity index (χ2v) is 4.23. The predicted molar refractivity (Wildman–Crippen MR) is 66.5 cm³/mol. The Morgan fingerprint density at radius 2 is 2.35 bits per heavy atom. The number of nitrogens with zero attached hydrogens (tertiary/aromatic N) is 2. The molecular formula is C13H14N2O2. The highest BCUT2D eigenvalue weighted by atomic mass is 16.5. The quantitative estimate of drug-likeness (QED) is 0.799. The molecule has 0 saturated carbocycles. The molecule has 4 heteroatoms. The smallest absolute Gasteiger partial charge is 0.145 e. The number of amidine groups is 1. The zero-order valence-corrected chi connectivity index (χ0v) is 9.68. The maximum absolute atomic E-state index is 9.88. The van der Waals surface area contributed by atoms with Gasteiger partial charge in [0.2, 0.25) is 0 Å². The summed E-state index contributed by atoms with van der Waals surface area (Å²) in [6.45, 7) is 4.86. The van der Waals surface area contributed by atoms with Gasteiger partial charge in [-0.1, -0.05) is 18.7 Å². The molecule has 2 aliphatic heterocycles. The van der Waals surface area contributed by atoms with Crippen LogP contribution in [0.3, 0.4) is 0 Å². The Balaban J connectivity index is 2.21. The molecular weight excluding hydrogens is 216 g/mol. The normalized spacial score (nSPS) is 22.0. The molecule has 2 heterocycles. The average Bonchev–Trinajstić information content (AvgIpc) is 2.71. The van der Waals surface area contributed by atoms with E-state index in [2.05, 4.69) is 11.6 Å². The molecule has 4 nitrogen and oxygen atoms in total. The summed E-state index contributed by atoms with van der Waals surface area (Å²) >= 11 is 0. The van der Waals surface area contributed by atoms with E-state index in [0.717, 1.165) is 29.2 Å². The van der Waals surface area contributed by atoms with Crippen molar-refractivity contribution >= 4 is 17.2 Å². The molecule has 1 fully saturated rings. The van der Waals surface area contributed by atoms with Crippen LogP contribution in [0.4, 0.5) is 5.69 Å². The molecule has 3 rings (SSSR count). The van der Waals surface area contributed by atoms with Gasteiger partial charge in [0.15, 0.2) is 0 Å². The monoisotopic (exact) mass is 230 g/mol. The van der Waals surface area contributed by atoms with Gasteiger partial charge in [-0.3, -0.25) is 0 Å². The standard InChI is InChI=1S/C13H14N2O2/c1-8-9-4-3-5-11(17-2)12(9)14-13-10(16)6-7-15(8)13/h3-5,10,16H,1,6-7H2,2H3. The van der Waals surface area contributed by atoms with Crippen molar-refractivity contribution in [1.82, 2.24) is 4.90 Å². The largest absolute Gasteiger partial charge is 0.494 e. The van der Waals surface area contributed by atoms with Gasteiger partial charge in [0.25, 0.3) is 0 Å². The van der Waals surface area contributed by atoms with Crippen LogP contribution in [0.5, 0.6) is 5.75 Å². The van der Waals surface area contributed by atoms with E-state index in [9.17, 15) is 5.11 Å². The minimum absolute atomic E-state index is 0.496. The Kier molecular flexibility index (Phi) is 2.19. The molecule has 2 aliphatic rings. The summed E-state index contributed by atoms with van der Waals surface area (Å²) in [6, 6.07) is 5.77. The molecule has 1 unspecified atom stereocenters. The fourth-order valence-corrected chi connectivity index (χ4v) is 2.38. The Bertz CT molecular complexity index is 522. The van der Waals surface area contributed by atoms with Crippen molar-refractivity contribution < 1.29 is 9.84 Å². The lowest BCUT2D eigenvalue weighted by Crippen LogP contribution is -2.30. The van der Waals surface area contributed by atoms with Crippen molar-refractivity contribution in [3.05, 3.63) is 30.3 Å². The molecule has 88 valence electrons. The number of aliphatic hydroxyl groups is 1. The van der Waals surface area contributed by atoms with Crippen LogP contribution in [0.1, 0.15) is 12.0 Å². The highest BCUT2D eigenvalue weighted by Crippen LogP contribution is 2.41. The van der Waals surface area contributed by atoms with Gasteiger partial charge in [0.1, 0.15) is 23.4 Å². The lowest BCUT2D eigenvalue weighted by atomic mass is 10.1. The van der Waals surface area contributed by atoms with Gasteiger partial charge >= 0.3 is 0 Å². The van der Waals surface area contributed by atoms with E-state index in [4.69, 9.17) is 4.74 Å². The van der Waals surface area contributed by atoms with Crippen molar-refractivity contribution in [1.29, 1.82) is 0 Å². The summed E-state index contributed by atoms with van der Waals surface area (Å²) < 4.78 is 5.30. The molecule has 0 aliphatic carbocycles. The first-order chi connectivity index (χ1) is 8.22. The van der Waals surface area contributed by atoms with E-state index < -0.39 is 6.10 Å². The lowest BCUT2D eigenvalue weighted by molar-refractivity contribution is 0.245. The van der Waals surface area contributed by atoms with E-state index >= 15 is 0 Å². The maximum Gasteiger partial charge on any atom is 0.145 e. The third-order valence-electron chi connectivity index (χ3n) is 3.28. The number of fused-ring (bicyclic) bond motifs is 2. The Labute approximate surface area is 99.8 Å². The van der Waals surface area contributed by atoms with E-state index in [1.165, 1.54) is 0 Å². The number of benzene rings is 1. The van der Waals surface area contributed by atoms with E-state index in [-0.39, 0.29) is 0 Å². The Morgan fingerprint density at radius 1 is 1.53 bits per heavy atom. The van der Waals surface area contributed by atoms with Gasteiger partial charge < -0.3 is 14.7 Å². The van der Waals surface area contributed by atoms with Gasteiger partial charge in [-0.15, -0.1) is 0 Å². The third kappa shape index (κ3) is 1.37. The predicted octanol–water partition coefficient (Wildman–Crippen LogP) is 1.78. The number of aliphatic imine (C=N–C) groups is 1. The second kappa shape index (κ2) is 3.60. The van der Waals surface area contributed by atoms with Crippen LogP contribution in [0.2, 0.25) is 0 Å². The van der Waals surface area contributed by atoms with Crippen molar-refractivity contribution in [2.75, 3.05) is 13.7 Å². The summed E-state index contributed by atoms with van der Waals surface area (Å²) in [4.78, 5) is 6.49. The van der Waals surface area contributed by atoms with Crippen LogP contribution in [0.15, 0.2) is 29.8 Å². The van der Waals surface area contributed by atoms with Gasteiger partial charge in [0, 0.05) is 17.8 Å². The number of aliphatic hydroxyl groups excluding tert-OH is 1. The third-order valence-corrected chi connectivity index (χ3v) is 3.28. The fourth-order valence-electron chi connectivity index (χ4n) is 2.38. The first kappa shape index (κ1) is 10.4. The molecule has 1 N–H and O–H groups in total. The molecule has 1 atom stereocenters. The number of ether oxygens (including phenoxy) is 1. The van der Waals surface area contributed by atoms with Crippen LogP contribution < -0.4 is 4.74 Å². The molecule has 0 aromatic heterocycles. The number of hydrogen-bond acceptors (Lipinski definition) is 4. The lowest BCUT2D eigenvalue weighted by Gasteiger charge is -2.28. The summed E-state index contributed by atoms with van der Waals surface area (Å²) in [5.74, 6) is 1.40. The molecule has 0 bridgehead atoms. The van der Waals surface area contributed by atoms with E-state index in [0.29, 0.717) is 12.3 Å². The first-order valence-corrected chi connectivity index (χ1v) is 5.63. The van der Waals surface area contributed by atoms with Crippen LogP contribution >= 0.6 is 0 Å².